The van der Waals surface area contributed by atoms with Crippen LogP contribution < -0.4 is 5.32 Å². The number of carbonyl (C=O) groups excluding carboxylic acids is 2. The Morgan fingerprint density at radius 2 is 1.86 bits per heavy atom. The van der Waals surface area contributed by atoms with Crippen LogP contribution in [0.4, 0.5) is 0 Å². The van der Waals surface area contributed by atoms with E-state index in [0.29, 0.717) is 11.5 Å². The first-order chi connectivity index (χ1) is 10.1. The molecule has 3 rings (SSSR count). The number of piperidine rings is 1. The minimum atomic E-state index is -0.0386. The summed E-state index contributed by atoms with van der Waals surface area (Å²) in [5.74, 6) is 0.563. The molecule has 1 aromatic rings. The average Bonchev–Trinajstić information content (AvgIpc) is 3.32. The Labute approximate surface area is 133 Å². The summed E-state index contributed by atoms with van der Waals surface area (Å²) in [6.45, 7) is 1.53. The van der Waals surface area contributed by atoms with Crippen molar-refractivity contribution < 1.29 is 9.59 Å². The number of benzene rings is 1. The summed E-state index contributed by atoms with van der Waals surface area (Å²) < 4.78 is 0.903. The van der Waals surface area contributed by atoms with Crippen LogP contribution in [0, 0.1) is 5.92 Å². The van der Waals surface area contributed by atoms with Gasteiger partial charge in [-0.3, -0.25) is 9.59 Å². The fraction of sp³-hybridized carbons (Fsp3) is 0.500. The average molecular weight is 351 g/mol. The van der Waals surface area contributed by atoms with Crippen LogP contribution in [0.15, 0.2) is 28.7 Å². The Kier molecular flexibility index (Phi) is 4.29. The molecule has 2 amide bonds. The molecule has 5 heteroatoms. The molecule has 0 unspecified atom stereocenters. The first kappa shape index (κ1) is 14.6. The van der Waals surface area contributed by atoms with Crippen molar-refractivity contribution in [2.45, 2.75) is 31.7 Å². The molecule has 1 aliphatic carbocycles. The largest absolute Gasteiger partial charge is 0.349 e. The van der Waals surface area contributed by atoms with Gasteiger partial charge in [0.15, 0.2) is 0 Å². The molecule has 2 aliphatic rings. The van der Waals surface area contributed by atoms with Gasteiger partial charge in [-0.25, -0.2) is 0 Å². The second kappa shape index (κ2) is 6.18. The molecule has 1 N–H and O–H groups in total. The van der Waals surface area contributed by atoms with Gasteiger partial charge in [-0.2, -0.15) is 0 Å². The molecule has 1 heterocycles. The Morgan fingerprint density at radius 1 is 1.14 bits per heavy atom. The smallest absolute Gasteiger partial charge is 0.251 e. The molecule has 1 saturated carbocycles. The van der Waals surface area contributed by atoms with Crippen LogP contribution in [0.2, 0.25) is 0 Å². The van der Waals surface area contributed by atoms with Gasteiger partial charge < -0.3 is 10.2 Å². The van der Waals surface area contributed by atoms with E-state index < -0.39 is 0 Å². The van der Waals surface area contributed by atoms with Gasteiger partial charge in [-0.1, -0.05) is 22.0 Å². The lowest BCUT2D eigenvalue weighted by Gasteiger charge is -2.32. The van der Waals surface area contributed by atoms with Gasteiger partial charge >= 0.3 is 0 Å². The van der Waals surface area contributed by atoms with Crippen LogP contribution in [0.3, 0.4) is 0 Å². The molecular formula is C16H19BrN2O2. The molecule has 0 aromatic heterocycles. The van der Waals surface area contributed by atoms with Gasteiger partial charge in [0, 0.05) is 35.1 Å². The molecular weight excluding hydrogens is 332 g/mol. The maximum atomic E-state index is 12.2. The summed E-state index contributed by atoms with van der Waals surface area (Å²) in [7, 11) is 0. The van der Waals surface area contributed by atoms with Crippen LogP contribution in [0.1, 0.15) is 36.0 Å². The first-order valence-electron chi connectivity index (χ1n) is 7.49. The maximum absolute atomic E-state index is 12.2. The number of hydrogen-bond acceptors (Lipinski definition) is 2. The van der Waals surface area contributed by atoms with E-state index in [0.717, 1.165) is 43.2 Å². The van der Waals surface area contributed by atoms with Gasteiger partial charge in [0.2, 0.25) is 5.91 Å². The van der Waals surface area contributed by atoms with E-state index in [2.05, 4.69) is 21.2 Å². The summed E-state index contributed by atoms with van der Waals surface area (Å²) in [5.41, 5.74) is 0.667. The van der Waals surface area contributed by atoms with Crippen molar-refractivity contribution in [2.24, 2.45) is 5.92 Å². The van der Waals surface area contributed by atoms with E-state index >= 15 is 0 Å². The Morgan fingerprint density at radius 3 is 2.48 bits per heavy atom. The maximum Gasteiger partial charge on any atom is 0.251 e. The highest BCUT2D eigenvalue weighted by molar-refractivity contribution is 9.10. The van der Waals surface area contributed by atoms with Crippen molar-refractivity contribution in [1.29, 1.82) is 0 Å². The van der Waals surface area contributed by atoms with E-state index in [4.69, 9.17) is 0 Å². The molecule has 0 spiro atoms. The minimum absolute atomic E-state index is 0.0386. The topological polar surface area (TPSA) is 49.4 Å². The Hall–Kier alpha value is -1.36. The highest BCUT2D eigenvalue weighted by atomic mass is 79.9. The zero-order valence-electron chi connectivity index (χ0n) is 11.8. The van der Waals surface area contributed by atoms with Crippen molar-refractivity contribution in [3.05, 3.63) is 34.3 Å². The van der Waals surface area contributed by atoms with E-state index in [1.165, 1.54) is 0 Å². The van der Waals surface area contributed by atoms with Crippen molar-refractivity contribution in [3.63, 3.8) is 0 Å². The summed E-state index contributed by atoms with van der Waals surface area (Å²) in [4.78, 5) is 26.1. The van der Waals surface area contributed by atoms with Crippen molar-refractivity contribution in [2.75, 3.05) is 13.1 Å². The van der Waals surface area contributed by atoms with Crippen LogP contribution in [0.5, 0.6) is 0 Å². The summed E-state index contributed by atoms with van der Waals surface area (Å²) >= 11 is 3.37. The third kappa shape index (κ3) is 3.64. The molecule has 0 atom stereocenters. The predicted octanol–water partition coefficient (Wildman–Crippen LogP) is 2.58. The molecule has 1 saturated heterocycles. The SMILES string of the molecule is O=C(NC1CCN(C(=O)C2CC2)CC1)c1cccc(Br)c1. The second-order valence-corrected chi connectivity index (χ2v) is 6.77. The third-order valence-electron chi connectivity index (χ3n) is 4.16. The number of rotatable bonds is 3. The fourth-order valence-corrected chi connectivity index (χ4v) is 3.13. The van der Waals surface area contributed by atoms with Crippen molar-refractivity contribution >= 4 is 27.7 Å². The second-order valence-electron chi connectivity index (χ2n) is 5.86. The number of nitrogens with zero attached hydrogens (tertiary/aromatic N) is 1. The standard InChI is InChI=1S/C16H19BrN2O2/c17-13-3-1-2-12(10-13)15(20)18-14-6-8-19(9-7-14)16(21)11-4-5-11/h1-3,10-11,14H,4-9H2,(H,18,20). The highest BCUT2D eigenvalue weighted by Gasteiger charge is 2.35. The molecule has 1 aromatic carbocycles. The summed E-state index contributed by atoms with van der Waals surface area (Å²) in [6, 6.07) is 7.56. The van der Waals surface area contributed by atoms with Gasteiger partial charge in [0.25, 0.3) is 5.91 Å². The van der Waals surface area contributed by atoms with Gasteiger partial charge in [-0.05, 0) is 43.9 Å². The van der Waals surface area contributed by atoms with Crippen LogP contribution in [0.25, 0.3) is 0 Å². The number of likely N-dealkylation sites (tertiary alicyclic amines) is 1. The number of halogens is 1. The lowest BCUT2D eigenvalue weighted by Crippen LogP contribution is -2.47. The number of carbonyl (C=O) groups is 2. The van der Waals surface area contributed by atoms with E-state index in [1.807, 2.05) is 29.2 Å². The number of nitrogens with one attached hydrogen (secondary N) is 1. The summed E-state index contributed by atoms with van der Waals surface area (Å²) in [5, 5.41) is 3.07. The fourth-order valence-electron chi connectivity index (χ4n) is 2.73. The van der Waals surface area contributed by atoms with Crippen molar-refractivity contribution in [3.8, 4) is 0 Å². The Balaban J connectivity index is 1.50. The predicted molar refractivity (Wildman–Crippen MR) is 83.9 cm³/mol. The molecule has 0 radical (unpaired) electrons. The zero-order chi connectivity index (χ0) is 14.8. The quantitative estimate of drug-likeness (QED) is 0.910. The molecule has 112 valence electrons. The lowest BCUT2D eigenvalue weighted by molar-refractivity contribution is -0.133. The number of hydrogen-bond donors (Lipinski definition) is 1. The zero-order valence-corrected chi connectivity index (χ0v) is 13.4. The van der Waals surface area contributed by atoms with Gasteiger partial charge in [0.1, 0.15) is 0 Å². The molecule has 4 nitrogen and oxygen atoms in total. The van der Waals surface area contributed by atoms with E-state index in [9.17, 15) is 9.59 Å². The normalized spacial score (nSPS) is 19.4. The third-order valence-corrected chi connectivity index (χ3v) is 4.65. The minimum Gasteiger partial charge on any atom is -0.349 e. The highest BCUT2D eigenvalue weighted by Crippen LogP contribution is 2.31. The molecule has 0 bridgehead atoms. The number of amides is 2. The lowest BCUT2D eigenvalue weighted by atomic mass is 10.0. The summed E-state index contributed by atoms with van der Waals surface area (Å²) in [6.07, 6.45) is 3.80. The van der Waals surface area contributed by atoms with Gasteiger partial charge in [0.05, 0.1) is 0 Å². The molecule has 21 heavy (non-hydrogen) atoms. The van der Waals surface area contributed by atoms with Crippen LogP contribution >= 0.6 is 15.9 Å². The van der Waals surface area contributed by atoms with E-state index in [-0.39, 0.29) is 17.9 Å². The first-order valence-corrected chi connectivity index (χ1v) is 8.28. The van der Waals surface area contributed by atoms with Crippen LogP contribution in [-0.4, -0.2) is 35.8 Å². The molecule has 2 fully saturated rings. The van der Waals surface area contributed by atoms with Crippen LogP contribution in [-0.2, 0) is 4.79 Å². The van der Waals surface area contributed by atoms with Gasteiger partial charge in [-0.15, -0.1) is 0 Å². The van der Waals surface area contributed by atoms with Crippen molar-refractivity contribution in [1.82, 2.24) is 10.2 Å². The van der Waals surface area contributed by atoms with E-state index in [1.54, 1.807) is 0 Å². The molecule has 1 aliphatic heterocycles. The monoisotopic (exact) mass is 350 g/mol. The Bertz CT molecular complexity index is 549.